The fourth-order valence-corrected chi connectivity index (χ4v) is 2.02. The number of nitrogens with zero attached hydrogens (tertiary/aromatic N) is 1. The van der Waals surface area contributed by atoms with Crippen LogP contribution in [0, 0.1) is 0 Å². The van der Waals surface area contributed by atoms with Gasteiger partial charge in [0.25, 0.3) is 0 Å². The molecule has 3 nitrogen and oxygen atoms in total. The first-order valence-electron chi connectivity index (χ1n) is 4.88. The SMILES string of the molecule is CCN(CC)CCS(=O)(=O)C(C)C. The summed E-state index contributed by atoms with van der Waals surface area (Å²) in [4.78, 5) is 2.12. The summed E-state index contributed by atoms with van der Waals surface area (Å²) in [6.07, 6.45) is 0. The fraction of sp³-hybridized carbons (Fsp3) is 1.00. The van der Waals surface area contributed by atoms with Crippen LogP contribution in [0.25, 0.3) is 0 Å². The Hall–Kier alpha value is -0.0900. The standard InChI is InChI=1S/C9H21NO2S/c1-5-10(6-2)7-8-13(11,12)9(3)4/h9H,5-8H2,1-4H3. The minimum absolute atomic E-state index is 0.247. The second kappa shape index (κ2) is 5.60. The van der Waals surface area contributed by atoms with Crippen molar-refractivity contribution in [2.24, 2.45) is 0 Å². The molecule has 0 bridgehead atoms. The predicted molar refractivity (Wildman–Crippen MR) is 56.7 cm³/mol. The van der Waals surface area contributed by atoms with Crippen LogP contribution in [0.15, 0.2) is 0 Å². The van der Waals surface area contributed by atoms with Crippen molar-refractivity contribution >= 4 is 9.84 Å². The average Bonchev–Trinajstić information content (AvgIpc) is 2.06. The van der Waals surface area contributed by atoms with Crippen LogP contribution in [-0.4, -0.2) is 44.0 Å². The normalized spacial score (nSPS) is 12.8. The third-order valence-corrected chi connectivity index (χ3v) is 4.49. The monoisotopic (exact) mass is 207 g/mol. The molecular weight excluding hydrogens is 186 g/mol. The van der Waals surface area contributed by atoms with Crippen LogP contribution in [0.2, 0.25) is 0 Å². The first-order chi connectivity index (χ1) is 5.94. The summed E-state index contributed by atoms with van der Waals surface area (Å²) in [6, 6.07) is 0. The van der Waals surface area contributed by atoms with Gasteiger partial charge in [-0.1, -0.05) is 13.8 Å². The number of hydrogen-bond donors (Lipinski definition) is 0. The van der Waals surface area contributed by atoms with E-state index in [1.807, 2.05) is 13.8 Å². The molecule has 4 heteroatoms. The molecule has 0 aliphatic rings. The van der Waals surface area contributed by atoms with Gasteiger partial charge in [-0.3, -0.25) is 0 Å². The number of rotatable bonds is 6. The Labute approximate surface area is 82.0 Å². The summed E-state index contributed by atoms with van der Waals surface area (Å²) in [5.74, 6) is 0.284. The Bertz CT molecular complexity index is 218. The van der Waals surface area contributed by atoms with E-state index < -0.39 is 9.84 Å². The quantitative estimate of drug-likeness (QED) is 0.656. The van der Waals surface area contributed by atoms with E-state index in [1.165, 1.54) is 0 Å². The molecule has 13 heavy (non-hydrogen) atoms. The van der Waals surface area contributed by atoms with Gasteiger partial charge in [0.05, 0.1) is 11.0 Å². The van der Waals surface area contributed by atoms with E-state index in [-0.39, 0.29) is 11.0 Å². The van der Waals surface area contributed by atoms with Crippen LogP contribution in [0.3, 0.4) is 0 Å². The van der Waals surface area contributed by atoms with E-state index >= 15 is 0 Å². The van der Waals surface area contributed by atoms with Gasteiger partial charge in [0, 0.05) is 6.54 Å². The Morgan fingerprint density at radius 2 is 1.62 bits per heavy atom. The van der Waals surface area contributed by atoms with Crippen molar-refractivity contribution in [3.8, 4) is 0 Å². The molecule has 0 aliphatic heterocycles. The molecule has 0 atom stereocenters. The zero-order chi connectivity index (χ0) is 10.5. The molecule has 80 valence electrons. The van der Waals surface area contributed by atoms with E-state index in [1.54, 1.807) is 13.8 Å². The molecule has 0 spiro atoms. The molecule has 0 radical (unpaired) electrons. The summed E-state index contributed by atoms with van der Waals surface area (Å²) in [5, 5.41) is -0.247. The van der Waals surface area contributed by atoms with Crippen LogP contribution < -0.4 is 0 Å². The third kappa shape index (κ3) is 4.62. The van der Waals surface area contributed by atoms with Gasteiger partial charge in [0.1, 0.15) is 0 Å². The van der Waals surface area contributed by atoms with Gasteiger partial charge in [-0.15, -0.1) is 0 Å². The zero-order valence-electron chi connectivity index (χ0n) is 9.08. The maximum Gasteiger partial charge on any atom is 0.153 e. The second-order valence-electron chi connectivity index (χ2n) is 3.44. The maximum atomic E-state index is 11.4. The lowest BCUT2D eigenvalue weighted by Gasteiger charge is -2.18. The lowest BCUT2D eigenvalue weighted by atomic mass is 10.5. The van der Waals surface area contributed by atoms with Crippen LogP contribution in [0.1, 0.15) is 27.7 Å². The van der Waals surface area contributed by atoms with Gasteiger partial charge >= 0.3 is 0 Å². The zero-order valence-corrected chi connectivity index (χ0v) is 9.89. The van der Waals surface area contributed by atoms with Crippen molar-refractivity contribution < 1.29 is 8.42 Å². The van der Waals surface area contributed by atoms with Gasteiger partial charge in [0.15, 0.2) is 9.84 Å². The van der Waals surface area contributed by atoms with E-state index in [0.717, 1.165) is 13.1 Å². The molecule has 0 amide bonds. The third-order valence-electron chi connectivity index (χ3n) is 2.30. The van der Waals surface area contributed by atoms with Gasteiger partial charge < -0.3 is 4.90 Å². The largest absolute Gasteiger partial charge is 0.303 e. The Balaban J connectivity index is 4.01. The maximum absolute atomic E-state index is 11.4. The average molecular weight is 207 g/mol. The van der Waals surface area contributed by atoms with Crippen LogP contribution in [0.4, 0.5) is 0 Å². The van der Waals surface area contributed by atoms with Crippen molar-refractivity contribution in [2.75, 3.05) is 25.4 Å². The van der Waals surface area contributed by atoms with Crippen molar-refractivity contribution in [1.82, 2.24) is 4.90 Å². The second-order valence-corrected chi connectivity index (χ2v) is 6.12. The smallest absolute Gasteiger partial charge is 0.153 e. The number of hydrogen-bond acceptors (Lipinski definition) is 3. The summed E-state index contributed by atoms with van der Waals surface area (Å²) in [6.45, 7) is 10.1. The summed E-state index contributed by atoms with van der Waals surface area (Å²) >= 11 is 0. The highest BCUT2D eigenvalue weighted by molar-refractivity contribution is 7.92. The highest BCUT2D eigenvalue weighted by atomic mass is 32.2. The first-order valence-corrected chi connectivity index (χ1v) is 6.59. The molecule has 0 aliphatic carbocycles. The molecule has 0 saturated carbocycles. The van der Waals surface area contributed by atoms with Crippen LogP contribution in [0.5, 0.6) is 0 Å². The van der Waals surface area contributed by atoms with E-state index in [9.17, 15) is 8.42 Å². The minimum atomic E-state index is -2.86. The van der Waals surface area contributed by atoms with Crippen molar-refractivity contribution in [3.63, 3.8) is 0 Å². The topological polar surface area (TPSA) is 37.4 Å². The summed E-state index contributed by atoms with van der Waals surface area (Å²) in [7, 11) is -2.86. The van der Waals surface area contributed by atoms with Gasteiger partial charge in [-0.2, -0.15) is 0 Å². The van der Waals surface area contributed by atoms with Crippen molar-refractivity contribution in [2.45, 2.75) is 32.9 Å². The van der Waals surface area contributed by atoms with Crippen LogP contribution >= 0.6 is 0 Å². The molecule has 0 saturated heterocycles. The van der Waals surface area contributed by atoms with Crippen LogP contribution in [-0.2, 0) is 9.84 Å². The summed E-state index contributed by atoms with van der Waals surface area (Å²) in [5.41, 5.74) is 0. The minimum Gasteiger partial charge on any atom is -0.303 e. The lowest BCUT2D eigenvalue weighted by Crippen LogP contribution is -2.31. The molecule has 0 fully saturated rings. The van der Waals surface area contributed by atoms with E-state index in [2.05, 4.69) is 4.90 Å². The fourth-order valence-electron chi connectivity index (χ4n) is 1.03. The first kappa shape index (κ1) is 12.9. The molecule has 0 heterocycles. The van der Waals surface area contributed by atoms with Gasteiger partial charge in [-0.25, -0.2) is 8.42 Å². The summed E-state index contributed by atoms with van der Waals surface area (Å²) < 4.78 is 22.9. The Kier molecular flexibility index (Phi) is 5.56. The Morgan fingerprint density at radius 1 is 1.15 bits per heavy atom. The Morgan fingerprint density at radius 3 is 1.92 bits per heavy atom. The van der Waals surface area contributed by atoms with Gasteiger partial charge in [0.2, 0.25) is 0 Å². The van der Waals surface area contributed by atoms with Gasteiger partial charge in [-0.05, 0) is 26.9 Å². The predicted octanol–water partition coefficient (Wildman–Crippen LogP) is 1.15. The van der Waals surface area contributed by atoms with E-state index in [4.69, 9.17) is 0 Å². The number of sulfone groups is 1. The molecular formula is C9H21NO2S. The highest BCUT2D eigenvalue weighted by Gasteiger charge is 2.16. The van der Waals surface area contributed by atoms with Crippen molar-refractivity contribution in [1.29, 1.82) is 0 Å². The molecule has 0 unspecified atom stereocenters. The molecule has 0 aromatic rings. The molecule has 0 N–H and O–H groups in total. The molecule has 0 aromatic heterocycles. The molecule has 0 aromatic carbocycles. The lowest BCUT2D eigenvalue weighted by molar-refractivity contribution is 0.321. The molecule has 0 rings (SSSR count). The van der Waals surface area contributed by atoms with E-state index in [0.29, 0.717) is 6.54 Å². The van der Waals surface area contributed by atoms with Crippen molar-refractivity contribution in [3.05, 3.63) is 0 Å². The highest BCUT2D eigenvalue weighted by Crippen LogP contribution is 2.01.